The molecule has 11 nitrogen and oxygen atoms in total. The van der Waals surface area contributed by atoms with Gasteiger partial charge in [0, 0.05) is 18.2 Å². The molecular formula is C40H42N2O9. The third-order valence-corrected chi connectivity index (χ3v) is 9.36. The molecule has 0 saturated carbocycles. The Balaban J connectivity index is 1.34. The zero-order chi connectivity index (χ0) is 36.0. The molecule has 1 saturated heterocycles. The molecule has 1 aliphatic rings. The van der Waals surface area contributed by atoms with Crippen LogP contribution in [0, 0.1) is 6.92 Å². The molecule has 1 fully saturated rings. The standard InChI is InChI=1S/C40H42N2O9/c1-28-23-41(38(45)42(37(28)44)27-49-24-29-10-6-4-7-11-29)36-22-39(46,26-43)35(51-36)25-50-40(30-12-8-5-9-13-30,31-14-18-33(47-2)19-15-31)32-16-20-34(48-3)21-17-32/h4-21,23,35-36,43,46H,22,24-27H2,1-3H3/t35-,36-,39?/m1/s1. The summed E-state index contributed by atoms with van der Waals surface area (Å²) in [5.74, 6) is 1.33. The number of hydrogen-bond acceptors (Lipinski definition) is 9. The van der Waals surface area contributed by atoms with Gasteiger partial charge in [-0.3, -0.25) is 9.36 Å². The Bertz CT molecular complexity index is 1970. The lowest BCUT2D eigenvalue weighted by molar-refractivity contribution is -0.132. The first-order valence-electron chi connectivity index (χ1n) is 16.6. The highest BCUT2D eigenvalue weighted by Gasteiger charge is 2.50. The SMILES string of the molecule is COc1ccc(C(OC[C@H]2O[C@@H](n3cc(C)c(=O)n(COCc4ccccc4)c3=O)CC2(O)CO)(c2ccccc2)c2ccc(OC)cc2)cc1. The molecule has 0 amide bonds. The predicted molar refractivity (Wildman–Crippen MR) is 190 cm³/mol. The largest absolute Gasteiger partial charge is 0.497 e. The molecule has 1 aliphatic heterocycles. The van der Waals surface area contributed by atoms with Crippen LogP contribution in [-0.2, 0) is 33.1 Å². The molecule has 3 atom stereocenters. The van der Waals surface area contributed by atoms with Crippen LogP contribution in [0.3, 0.4) is 0 Å². The quantitative estimate of drug-likeness (QED) is 0.161. The van der Waals surface area contributed by atoms with Crippen molar-refractivity contribution < 1.29 is 33.9 Å². The molecule has 6 rings (SSSR count). The summed E-state index contributed by atoms with van der Waals surface area (Å²) in [6, 6.07) is 34.1. The maximum atomic E-state index is 13.7. The van der Waals surface area contributed by atoms with Crippen molar-refractivity contribution in [2.24, 2.45) is 0 Å². The lowest BCUT2D eigenvalue weighted by Crippen LogP contribution is -2.46. The van der Waals surface area contributed by atoms with Crippen LogP contribution < -0.4 is 20.7 Å². The molecule has 51 heavy (non-hydrogen) atoms. The number of aromatic nitrogens is 2. The van der Waals surface area contributed by atoms with E-state index in [1.807, 2.05) is 109 Å². The van der Waals surface area contributed by atoms with Gasteiger partial charge in [0.2, 0.25) is 0 Å². The van der Waals surface area contributed by atoms with Crippen LogP contribution in [0.1, 0.15) is 40.5 Å². The number of hydrogen-bond donors (Lipinski definition) is 2. The van der Waals surface area contributed by atoms with Gasteiger partial charge in [-0.05, 0) is 53.4 Å². The number of benzene rings is 4. The van der Waals surface area contributed by atoms with E-state index in [9.17, 15) is 19.8 Å². The Morgan fingerprint density at radius 3 is 1.92 bits per heavy atom. The van der Waals surface area contributed by atoms with Gasteiger partial charge in [-0.2, -0.15) is 0 Å². The van der Waals surface area contributed by atoms with Crippen LogP contribution in [-0.4, -0.2) is 58.5 Å². The fourth-order valence-corrected chi connectivity index (χ4v) is 6.51. The van der Waals surface area contributed by atoms with E-state index in [1.165, 1.54) is 10.8 Å². The van der Waals surface area contributed by atoms with Crippen molar-refractivity contribution in [3.63, 3.8) is 0 Å². The molecule has 0 bridgehead atoms. The average molecular weight is 695 g/mol. The van der Waals surface area contributed by atoms with Crippen LogP contribution in [0.2, 0.25) is 0 Å². The molecule has 2 heterocycles. The first kappa shape index (κ1) is 35.8. The monoisotopic (exact) mass is 694 g/mol. The van der Waals surface area contributed by atoms with Crippen molar-refractivity contribution in [2.75, 3.05) is 27.4 Å². The Labute approximate surface area is 295 Å². The summed E-state index contributed by atoms with van der Waals surface area (Å²) in [6.07, 6.45) is -0.818. The number of methoxy groups -OCH3 is 2. The Hall–Kier alpha value is -5.04. The number of aliphatic hydroxyl groups excluding tert-OH is 1. The minimum absolute atomic E-state index is 0.136. The Morgan fingerprint density at radius 2 is 1.37 bits per heavy atom. The second kappa shape index (κ2) is 15.5. The van der Waals surface area contributed by atoms with E-state index in [-0.39, 0.29) is 31.9 Å². The smallest absolute Gasteiger partial charge is 0.335 e. The van der Waals surface area contributed by atoms with E-state index >= 15 is 0 Å². The van der Waals surface area contributed by atoms with Crippen LogP contribution in [0.4, 0.5) is 0 Å². The zero-order valence-corrected chi connectivity index (χ0v) is 28.8. The van der Waals surface area contributed by atoms with Crippen molar-refractivity contribution >= 4 is 0 Å². The van der Waals surface area contributed by atoms with E-state index in [2.05, 4.69) is 0 Å². The molecule has 1 aromatic heterocycles. The molecule has 266 valence electrons. The summed E-state index contributed by atoms with van der Waals surface area (Å²) in [6.45, 7) is 0.678. The van der Waals surface area contributed by atoms with Crippen LogP contribution >= 0.6 is 0 Å². The fraction of sp³-hybridized carbons (Fsp3) is 0.300. The topological polar surface area (TPSA) is 131 Å². The predicted octanol–water partition coefficient (Wildman–Crippen LogP) is 4.53. The van der Waals surface area contributed by atoms with Crippen molar-refractivity contribution in [3.8, 4) is 11.5 Å². The minimum atomic E-state index is -1.79. The Kier molecular flexibility index (Phi) is 10.8. The fourth-order valence-electron chi connectivity index (χ4n) is 6.51. The molecule has 11 heteroatoms. The van der Waals surface area contributed by atoms with Crippen LogP contribution in [0.25, 0.3) is 0 Å². The third kappa shape index (κ3) is 7.25. The van der Waals surface area contributed by atoms with E-state index in [0.717, 1.165) is 26.8 Å². The van der Waals surface area contributed by atoms with Crippen LogP contribution in [0.15, 0.2) is 125 Å². The maximum absolute atomic E-state index is 13.7. The van der Waals surface area contributed by atoms with Gasteiger partial charge in [0.15, 0.2) is 0 Å². The first-order valence-corrected chi connectivity index (χ1v) is 16.6. The maximum Gasteiger partial charge on any atom is 0.335 e. The van der Waals surface area contributed by atoms with Gasteiger partial charge >= 0.3 is 5.69 Å². The van der Waals surface area contributed by atoms with Crippen molar-refractivity contribution in [2.45, 2.75) is 50.2 Å². The second-order valence-electron chi connectivity index (χ2n) is 12.6. The first-order chi connectivity index (χ1) is 24.7. The highest BCUT2D eigenvalue weighted by atomic mass is 16.6. The average Bonchev–Trinajstić information content (AvgIpc) is 3.52. The lowest BCUT2D eigenvalue weighted by Gasteiger charge is -2.38. The van der Waals surface area contributed by atoms with Gasteiger partial charge in [-0.15, -0.1) is 0 Å². The Morgan fingerprint density at radius 1 is 0.824 bits per heavy atom. The van der Waals surface area contributed by atoms with Crippen molar-refractivity contribution in [1.29, 1.82) is 0 Å². The second-order valence-corrected chi connectivity index (χ2v) is 12.6. The zero-order valence-electron chi connectivity index (χ0n) is 28.8. The van der Waals surface area contributed by atoms with Crippen molar-refractivity contribution in [3.05, 3.63) is 164 Å². The molecule has 0 aliphatic carbocycles. The van der Waals surface area contributed by atoms with Gasteiger partial charge in [0.05, 0.1) is 34.0 Å². The van der Waals surface area contributed by atoms with E-state index in [1.54, 1.807) is 21.1 Å². The number of aliphatic hydroxyl groups is 2. The summed E-state index contributed by atoms with van der Waals surface area (Å²) in [5.41, 5.74) is -0.629. The van der Waals surface area contributed by atoms with E-state index in [0.29, 0.717) is 11.5 Å². The van der Waals surface area contributed by atoms with E-state index < -0.39 is 41.4 Å². The highest BCUT2D eigenvalue weighted by molar-refractivity contribution is 5.49. The normalized spacial score (nSPS) is 18.8. The van der Waals surface area contributed by atoms with Gasteiger partial charge < -0.3 is 33.9 Å². The minimum Gasteiger partial charge on any atom is -0.497 e. The van der Waals surface area contributed by atoms with Gasteiger partial charge in [-0.25, -0.2) is 9.36 Å². The summed E-state index contributed by atoms with van der Waals surface area (Å²) >= 11 is 0. The lowest BCUT2D eigenvalue weighted by atomic mass is 9.79. The van der Waals surface area contributed by atoms with E-state index in [4.69, 9.17) is 23.7 Å². The number of nitrogens with zero attached hydrogens (tertiary/aromatic N) is 2. The summed E-state index contributed by atoms with van der Waals surface area (Å²) in [4.78, 5) is 26.8. The number of aryl methyl sites for hydroxylation is 1. The molecule has 0 spiro atoms. The molecule has 2 N–H and O–H groups in total. The highest BCUT2D eigenvalue weighted by Crippen LogP contribution is 2.44. The third-order valence-electron chi connectivity index (χ3n) is 9.36. The summed E-state index contributed by atoms with van der Waals surface area (Å²) in [5, 5.41) is 22.3. The van der Waals surface area contributed by atoms with Gasteiger partial charge in [-0.1, -0.05) is 84.9 Å². The van der Waals surface area contributed by atoms with Crippen molar-refractivity contribution in [1.82, 2.24) is 9.13 Å². The van der Waals surface area contributed by atoms with Crippen LogP contribution in [0.5, 0.6) is 11.5 Å². The number of ether oxygens (including phenoxy) is 5. The number of rotatable bonds is 14. The molecular weight excluding hydrogens is 652 g/mol. The van der Waals surface area contributed by atoms with Gasteiger partial charge in [0.25, 0.3) is 5.56 Å². The summed E-state index contributed by atoms with van der Waals surface area (Å²) in [7, 11) is 3.19. The molecule has 0 radical (unpaired) electrons. The molecule has 4 aromatic carbocycles. The van der Waals surface area contributed by atoms with Gasteiger partial charge in [0.1, 0.15) is 41.8 Å². The molecule has 5 aromatic rings. The molecule has 1 unspecified atom stereocenters. The summed E-state index contributed by atoms with van der Waals surface area (Å²) < 4.78 is 32.2.